The van der Waals surface area contributed by atoms with Crippen LogP contribution in [0.15, 0.2) is 11.6 Å². The van der Waals surface area contributed by atoms with Crippen molar-refractivity contribution in [3.05, 3.63) is 11.6 Å². The number of ether oxygens (including phenoxy) is 1. The quantitative estimate of drug-likeness (QED) is 0.748. The van der Waals surface area contributed by atoms with Crippen molar-refractivity contribution in [3.8, 4) is 0 Å². The highest BCUT2D eigenvalue weighted by Crippen LogP contribution is 2.18. The molecule has 1 heterocycles. The third-order valence-electron chi connectivity index (χ3n) is 3.47. The first kappa shape index (κ1) is 14.7. The predicted octanol–water partition coefficient (Wildman–Crippen LogP) is 1.15. The fraction of sp³-hybridized carbons (Fsp3) is 0.692. The molecule has 0 spiro atoms. The van der Waals surface area contributed by atoms with E-state index in [9.17, 15) is 9.59 Å². The van der Waals surface area contributed by atoms with E-state index in [2.05, 4.69) is 0 Å². The molecule has 5 heteroatoms. The van der Waals surface area contributed by atoms with Crippen LogP contribution in [0.25, 0.3) is 0 Å². The summed E-state index contributed by atoms with van der Waals surface area (Å²) in [6.45, 7) is 5.04. The minimum Gasteiger partial charge on any atom is -0.481 e. The molecule has 18 heavy (non-hydrogen) atoms. The second-order valence-corrected chi connectivity index (χ2v) is 4.75. The average Bonchev–Trinajstić information content (AvgIpc) is 2.37. The van der Waals surface area contributed by atoms with Gasteiger partial charge in [0, 0.05) is 26.1 Å². The van der Waals surface area contributed by atoms with Gasteiger partial charge in [0.2, 0.25) is 5.91 Å². The van der Waals surface area contributed by atoms with Crippen molar-refractivity contribution in [2.24, 2.45) is 11.8 Å². The number of methoxy groups -OCH3 is 1. The van der Waals surface area contributed by atoms with Crippen molar-refractivity contribution in [2.75, 3.05) is 26.8 Å². The number of carboxylic acid groups (broad SMARTS) is 1. The van der Waals surface area contributed by atoms with Crippen LogP contribution in [0.3, 0.4) is 0 Å². The minimum absolute atomic E-state index is 0.0855. The van der Waals surface area contributed by atoms with Crippen molar-refractivity contribution >= 4 is 11.9 Å². The first-order valence-electron chi connectivity index (χ1n) is 6.15. The van der Waals surface area contributed by atoms with Crippen molar-refractivity contribution in [1.82, 2.24) is 4.90 Å². The van der Waals surface area contributed by atoms with Crippen LogP contribution in [-0.2, 0) is 14.3 Å². The highest BCUT2D eigenvalue weighted by molar-refractivity contribution is 5.84. The van der Waals surface area contributed by atoms with Crippen molar-refractivity contribution in [1.29, 1.82) is 0 Å². The Morgan fingerprint density at radius 1 is 1.44 bits per heavy atom. The third kappa shape index (κ3) is 3.57. The Labute approximate surface area is 107 Å². The Hall–Kier alpha value is -1.36. The van der Waals surface area contributed by atoms with E-state index in [0.717, 1.165) is 6.42 Å². The lowest BCUT2D eigenvalue weighted by atomic mass is 9.94. The van der Waals surface area contributed by atoms with Crippen LogP contribution in [0.4, 0.5) is 0 Å². The summed E-state index contributed by atoms with van der Waals surface area (Å²) in [5, 5.41) is 8.91. The SMILES string of the molecule is COCC1=CCN(C(=O)C(C)C(C)C(=O)O)CC1. The Morgan fingerprint density at radius 2 is 2.11 bits per heavy atom. The molecule has 5 nitrogen and oxygen atoms in total. The zero-order valence-electron chi connectivity index (χ0n) is 11.2. The first-order chi connectivity index (χ1) is 8.47. The molecular formula is C13H21NO4. The topological polar surface area (TPSA) is 66.8 Å². The molecule has 1 rings (SSSR count). The summed E-state index contributed by atoms with van der Waals surface area (Å²) in [5.74, 6) is -2.15. The predicted molar refractivity (Wildman–Crippen MR) is 67.1 cm³/mol. The molecule has 1 aliphatic heterocycles. The lowest BCUT2D eigenvalue weighted by Gasteiger charge is -2.29. The summed E-state index contributed by atoms with van der Waals surface area (Å²) >= 11 is 0. The van der Waals surface area contributed by atoms with Gasteiger partial charge in [0.25, 0.3) is 0 Å². The van der Waals surface area contributed by atoms with Gasteiger partial charge in [-0.25, -0.2) is 0 Å². The molecule has 0 bridgehead atoms. The maximum Gasteiger partial charge on any atom is 0.307 e. The lowest BCUT2D eigenvalue weighted by Crippen LogP contribution is -2.41. The summed E-state index contributed by atoms with van der Waals surface area (Å²) in [4.78, 5) is 24.7. The molecule has 0 aromatic carbocycles. The van der Waals surface area contributed by atoms with Crippen LogP contribution in [0, 0.1) is 11.8 Å². The van der Waals surface area contributed by atoms with Gasteiger partial charge < -0.3 is 14.7 Å². The molecule has 0 aromatic rings. The summed E-state index contributed by atoms with van der Waals surface area (Å²) in [6, 6.07) is 0. The Kier molecular flexibility index (Phi) is 5.34. The van der Waals surface area contributed by atoms with Gasteiger partial charge in [0.1, 0.15) is 0 Å². The van der Waals surface area contributed by atoms with E-state index in [4.69, 9.17) is 9.84 Å². The van der Waals surface area contributed by atoms with E-state index >= 15 is 0 Å². The van der Waals surface area contributed by atoms with Crippen molar-refractivity contribution in [3.63, 3.8) is 0 Å². The van der Waals surface area contributed by atoms with Gasteiger partial charge in [-0.05, 0) is 12.0 Å². The monoisotopic (exact) mass is 255 g/mol. The molecule has 0 aliphatic carbocycles. The Balaban J connectivity index is 2.57. The van der Waals surface area contributed by atoms with Gasteiger partial charge in [-0.15, -0.1) is 0 Å². The van der Waals surface area contributed by atoms with Crippen LogP contribution >= 0.6 is 0 Å². The maximum absolute atomic E-state index is 12.1. The van der Waals surface area contributed by atoms with E-state index < -0.39 is 17.8 Å². The van der Waals surface area contributed by atoms with E-state index in [-0.39, 0.29) is 5.91 Å². The maximum atomic E-state index is 12.1. The first-order valence-corrected chi connectivity index (χ1v) is 6.15. The molecule has 2 atom stereocenters. The summed E-state index contributed by atoms with van der Waals surface area (Å²) in [6.07, 6.45) is 2.79. The Morgan fingerprint density at radius 3 is 2.56 bits per heavy atom. The molecule has 1 N–H and O–H groups in total. The number of amides is 1. The van der Waals surface area contributed by atoms with Crippen LogP contribution in [-0.4, -0.2) is 48.7 Å². The van der Waals surface area contributed by atoms with Gasteiger partial charge in [-0.1, -0.05) is 19.9 Å². The molecule has 0 fully saturated rings. The van der Waals surface area contributed by atoms with Gasteiger partial charge in [0.15, 0.2) is 0 Å². The van der Waals surface area contributed by atoms with Gasteiger partial charge >= 0.3 is 5.97 Å². The molecule has 0 saturated heterocycles. The second kappa shape index (κ2) is 6.54. The molecule has 1 amide bonds. The van der Waals surface area contributed by atoms with E-state index in [1.165, 1.54) is 5.57 Å². The number of nitrogens with zero attached hydrogens (tertiary/aromatic N) is 1. The molecule has 0 radical (unpaired) electrons. The summed E-state index contributed by atoms with van der Waals surface area (Å²) in [5.41, 5.74) is 1.19. The van der Waals surface area contributed by atoms with Crippen molar-refractivity contribution < 1.29 is 19.4 Å². The summed E-state index contributed by atoms with van der Waals surface area (Å²) in [7, 11) is 1.65. The highest BCUT2D eigenvalue weighted by atomic mass is 16.5. The Bertz CT molecular complexity index is 351. The molecule has 102 valence electrons. The van der Waals surface area contributed by atoms with E-state index in [1.54, 1.807) is 25.9 Å². The van der Waals surface area contributed by atoms with Gasteiger partial charge in [-0.2, -0.15) is 0 Å². The van der Waals surface area contributed by atoms with Crippen LogP contribution < -0.4 is 0 Å². The number of carboxylic acids is 1. The average molecular weight is 255 g/mol. The van der Waals surface area contributed by atoms with E-state index in [1.807, 2.05) is 6.08 Å². The largest absolute Gasteiger partial charge is 0.481 e. The standard InChI is InChI=1S/C13H21NO4/c1-9(10(2)13(16)17)12(15)14-6-4-11(5-7-14)8-18-3/h4,9-10H,5-8H2,1-3H3,(H,16,17). The number of hydrogen-bond acceptors (Lipinski definition) is 3. The van der Waals surface area contributed by atoms with Crippen molar-refractivity contribution in [2.45, 2.75) is 20.3 Å². The van der Waals surface area contributed by atoms with Crippen LogP contribution in [0.1, 0.15) is 20.3 Å². The number of rotatable bonds is 5. The van der Waals surface area contributed by atoms with E-state index in [0.29, 0.717) is 19.7 Å². The molecule has 2 unspecified atom stereocenters. The highest BCUT2D eigenvalue weighted by Gasteiger charge is 2.29. The zero-order chi connectivity index (χ0) is 13.7. The molecule has 1 aliphatic rings. The van der Waals surface area contributed by atoms with Gasteiger partial charge in [-0.3, -0.25) is 9.59 Å². The smallest absolute Gasteiger partial charge is 0.307 e. The number of hydrogen-bond donors (Lipinski definition) is 1. The fourth-order valence-electron chi connectivity index (χ4n) is 1.94. The molecule has 0 aromatic heterocycles. The minimum atomic E-state index is -0.927. The number of aliphatic carboxylic acids is 1. The fourth-order valence-corrected chi connectivity index (χ4v) is 1.94. The zero-order valence-corrected chi connectivity index (χ0v) is 11.2. The number of carbonyl (C=O) groups excluding carboxylic acids is 1. The van der Waals surface area contributed by atoms with Crippen LogP contribution in [0.5, 0.6) is 0 Å². The molecular weight excluding hydrogens is 234 g/mol. The van der Waals surface area contributed by atoms with Crippen LogP contribution in [0.2, 0.25) is 0 Å². The normalized spacial score (nSPS) is 19.1. The number of carbonyl (C=O) groups is 2. The molecule has 0 saturated carbocycles. The lowest BCUT2D eigenvalue weighted by molar-refractivity contribution is -0.149. The second-order valence-electron chi connectivity index (χ2n) is 4.75. The summed E-state index contributed by atoms with van der Waals surface area (Å²) < 4.78 is 5.04. The van der Waals surface area contributed by atoms with Gasteiger partial charge in [0.05, 0.1) is 12.5 Å². The third-order valence-corrected chi connectivity index (χ3v) is 3.47.